The first kappa shape index (κ1) is 10.1. The van der Waals surface area contributed by atoms with Gasteiger partial charge in [-0.2, -0.15) is 0 Å². The van der Waals surface area contributed by atoms with Crippen LogP contribution in [0.4, 0.5) is 5.69 Å². The zero-order valence-electron chi connectivity index (χ0n) is 7.03. The van der Waals surface area contributed by atoms with Crippen LogP contribution in [0.15, 0.2) is 22.7 Å². The molecule has 0 aliphatic heterocycles. The fraction of sp³-hybridized carbons (Fsp3) is 0.250. The van der Waals surface area contributed by atoms with Gasteiger partial charge in [0, 0.05) is 22.6 Å². The van der Waals surface area contributed by atoms with Crippen molar-refractivity contribution < 1.29 is 4.92 Å². The molecule has 0 radical (unpaired) electrons. The van der Waals surface area contributed by atoms with Crippen molar-refractivity contribution in [2.24, 2.45) is 5.73 Å². The number of nitrogens with zero attached hydrogens (tertiary/aromatic N) is 1. The van der Waals surface area contributed by atoms with Crippen molar-refractivity contribution in [2.75, 3.05) is 0 Å². The number of nitro groups is 1. The molecule has 0 fully saturated rings. The van der Waals surface area contributed by atoms with E-state index in [0.717, 1.165) is 10.0 Å². The van der Waals surface area contributed by atoms with Crippen molar-refractivity contribution in [3.63, 3.8) is 0 Å². The Morgan fingerprint density at radius 3 is 2.69 bits per heavy atom. The summed E-state index contributed by atoms with van der Waals surface area (Å²) in [4.78, 5) is 10.0. The third-order valence-corrected chi connectivity index (χ3v) is 2.40. The highest BCUT2D eigenvalue weighted by atomic mass is 79.9. The summed E-state index contributed by atoms with van der Waals surface area (Å²) in [5, 5.41) is 10.4. The van der Waals surface area contributed by atoms with Gasteiger partial charge in [-0.25, -0.2) is 0 Å². The summed E-state index contributed by atoms with van der Waals surface area (Å²) >= 11 is 3.28. The molecule has 0 heterocycles. The maximum absolute atomic E-state index is 10.4. The lowest BCUT2D eigenvalue weighted by atomic mass is 10.1. The van der Waals surface area contributed by atoms with Gasteiger partial charge in [0.15, 0.2) is 0 Å². The van der Waals surface area contributed by atoms with Gasteiger partial charge in [0.1, 0.15) is 0 Å². The third-order valence-electron chi connectivity index (χ3n) is 1.68. The van der Waals surface area contributed by atoms with Gasteiger partial charge in [0.05, 0.1) is 4.92 Å². The molecule has 1 aromatic carbocycles. The Morgan fingerprint density at radius 1 is 1.62 bits per heavy atom. The Balaban J connectivity index is 3.19. The highest BCUT2D eigenvalue weighted by Crippen LogP contribution is 2.26. The van der Waals surface area contributed by atoms with Crippen molar-refractivity contribution in [1.29, 1.82) is 0 Å². The number of nitro benzene ring substituents is 1. The van der Waals surface area contributed by atoms with Gasteiger partial charge in [-0.3, -0.25) is 10.1 Å². The maximum Gasteiger partial charge on any atom is 0.269 e. The lowest BCUT2D eigenvalue weighted by Gasteiger charge is -2.07. The second kappa shape index (κ2) is 3.85. The summed E-state index contributed by atoms with van der Waals surface area (Å²) in [6.07, 6.45) is 0. The molecule has 0 bridgehead atoms. The molecule has 1 rings (SSSR count). The lowest BCUT2D eigenvalue weighted by Crippen LogP contribution is -2.06. The van der Waals surface area contributed by atoms with Crippen LogP contribution in [0.2, 0.25) is 0 Å². The average molecular weight is 245 g/mol. The number of hydrogen-bond acceptors (Lipinski definition) is 3. The molecule has 0 aliphatic rings. The predicted molar refractivity (Wildman–Crippen MR) is 53.4 cm³/mol. The van der Waals surface area contributed by atoms with Crippen LogP contribution in [-0.4, -0.2) is 4.92 Å². The van der Waals surface area contributed by atoms with Crippen molar-refractivity contribution in [3.8, 4) is 0 Å². The van der Waals surface area contributed by atoms with E-state index >= 15 is 0 Å². The van der Waals surface area contributed by atoms with Crippen molar-refractivity contribution in [1.82, 2.24) is 0 Å². The van der Waals surface area contributed by atoms with Crippen molar-refractivity contribution in [3.05, 3.63) is 38.3 Å². The fourth-order valence-electron chi connectivity index (χ4n) is 0.994. The predicted octanol–water partition coefficient (Wildman–Crippen LogP) is 2.38. The quantitative estimate of drug-likeness (QED) is 0.642. The number of rotatable bonds is 2. The second-order valence-corrected chi connectivity index (χ2v) is 3.61. The summed E-state index contributed by atoms with van der Waals surface area (Å²) in [7, 11) is 0. The largest absolute Gasteiger partial charge is 0.324 e. The van der Waals surface area contributed by atoms with Crippen molar-refractivity contribution in [2.45, 2.75) is 13.0 Å². The van der Waals surface area contributed by atoms with E-state index in [2.05, 4.69) is 15.9 Å². The van der Waals surface area contributed by atoms with Gasteiger partial charge in [0.25, 0.3) is 5.69 Å². The molecule has 13 heavy (non-hydrogen) atoms. The SMILES string of the molecule is C[C@@H](N)c1cc([N+](=O)[O-])ccc1Br. The Bertz CT molecular complexity index is 339. The van der Waals surface area contributed by atoms with E-state index in [9.17, 15) is 10.1 Å². The summed E-state index contributed by atoms with van der Waals surface area (Å²) in [6, 6.07) is 4.34. The molecule has 4 nitrogen and oxygen atoms in total. The first-order valence-electron chi connectivity index (χ1n) is 3.72. The summed E-state index contributed by atoms with van der Waals surface area (Å²) in [5.74, 6) is 0. The molecule has 1 aromatic rings. The molecular weight excluding hydrogens is 236 g/mol. The molecule has 0 spiro atoms. The molecule has 0 aliphatic carbocycles. The van der Waals surface area contributed by atoms with Gasteiger partial charge in [-0.1, -0.05) is 15.9 Å². The number of halogens is 1. The number of non-ortho nitro benzene ring substituents is 1. The van der Waals surface area contributed by atoms with Crippen LogP contribution >= 0.6 is 15.9 Å². The van der Waals surface area contributed by atoms with Crippen LogP contribution in [0.25, 0.3) is 0 Å². The molecule has 0 unspecified atom stereocenters. The van der Waals surface area contributed by atoms with Gasteiger partial charge >= 0.3 is 0 Å². The summed E-state index contributed by atoms with van der Waals surface area (Å²) in [5.41, 5.74) is 6.44. The van der Waals surface area contributed by atoms with E-state index in [1.807, 2.05) is 0 Å². The van der Waals surface area contributed by atoms with E-state index in [1.54, 1.807) is 13.0 Å². The first-order valence-corrected chi connectivity index (χ1v) is 4.51. The van der Waals surface area contributed by atoms with Crippen LogP contribution in [0.1, 0.15) is 18.5 Å². The molecule has 2 N–H and O–H groups in total. The number of hydrogen-bond donors (Lipinski definition) is 1. The zero-order valence-corrected chi connectivity index (χ0v) is 8.61. The average Bonchev–Trinajstić information content (AvgIpc) is 2.04. The van der Waals surface area contributed by atoms with E-state index in [0.29, 0.717) is 0 Å². The van der Waals surface area contributed by atoms with Crippen LogP contribution in [0, 0.1) is 10.1 Å². The standard InChI is InChI=1S/C8H9BrN2O2/c1-5(10)7-4-6(11(12)13)2-3-8(7)9/h2-5H,10H2,1H3/t5-/m1/s1. The number of nitrogens with two attached hydrogens (primary N) is 1. The minimum Gasteiger partial charge on any atom is -0.324 e. The van der Waals surface area contributed by atoms with Gasteiger partial charge in [0.2, 0.25) is 0 Å². The van der Waals surface area contributed by atoms with E-state index in [-0.39, 0.29) is 11.7 Å². The molecule has 5 heteroatoms. The molecule has 70 valence electrons. The van der Waals surface area contributed by atoms with Gasteiger partial charge in [-0.15, -0.1) is 0 Å². The molecule has 0 amide bonds. The monoisotopic (exact) mass is 244 g/mol. The van der Waals surface area contributed by atoms with Gasteiger partial charge in [-0.05, 0) is 18.6 Å². The minimum atomic E-state index is -0.432. The smallest absolute Gasteiger partial charge is 0.269 e. The Hall–Kier alpha value is -0.940. The lowest BCUT2D eigenvalue weighted by molar-refractivity contribution is -0.384. The van der Waals surface area contributed by atoms with Crippen LogP contribution < -0.4 is 5.73 Å². The van der Waals surface area contributed by atoms with Crippen LogP contribution in [-0.2, 0) is 0 Å². The molecular formula is C8H9BrN2O2. The maximum atomic E-state index is 10.4. The summed E-state index contributed by atoms with van der Waals surface area (Å²) in [6.45, 7) is 1.78. The number of benzene rings is 1. The summed E-state index contributed by atoms with van der Waals surface area (Å²) < 4.78 is 0.799. The fourth-order valence-corrected chi connectivity index (χ4v) is 1.60. The van der Waals surface area contributed by atoms with E-state index in [4.69, 9.17) is 5.73 Å². The zero-order chi connectivity index (χ0) is 10.0. The Kier molecular flexibility index (Phi) is 3.00. The topological polar surface area (TPSA) is 69.2 Å². The Labute approximate surface area is 84.0 Å². The molecule has 1 atom stereocenters. The molecule has 0 aromatic heterocycles. The molecule has 0 saturated carbocycles. The minimum absolute atomic E-state index is 0.0653. The highest BCUT2D eigenvalue weighted by Gasteiger charge is 2.11. The Morgan fingerprint density at radius 2 is 2.23 bits per heavy atom. The van der Waals surface area contributed by atoms with Crippen LogP contribution in [0.5, 0.6) is 0 Å². The second-order valence-electron chi connectivity index (χ2n) is 2.75. The van der Waals surface area contributed by atoms with Crippen molar-refractivity contribution >= 4 is 21.6 Å². The normalized spacial score (nSPS) is 12.5. The van der Waals surface area contributed by atoms with Gasteiger partial charge < -0.3 is 5.73 Å². The van der Waals surface area contributed by atoms with E-state index in [1.165, 1.54) is 12.1 Å². The first-order chi connectivity index (χ1) is 6.02. The van der Waals surface area contributed by atoms with Crippen LogP contribution in [0.3, 0.4) is 0 Å². The highest BCUT2D eigenvalue weighted by molar-refractivity contribution is 9.10. The molecule has 0 saturated heterocycles. The third kappa shape index (κ3) is 2.26. The van der Waals surface area contributed by atoms with E-state index < -0.39 is 4.92 Å².